The molecule has 0 aliphatic carbocycles. The molecule has 4 heteroatoms. The number of para-hydroxylation sites is 1. The van der Waals surface area contributed by atoms with Crippen LogP contribution in [0.25, 0.3) is 32.7 Å². The van der Waals surface area contributed by atoms with E-state index < -0.39 is 0 Å². The Labute approximate surface area is 101 Å². The van der Waals surface area contributed by atoms with Gasteiger partial charge < -0.3 is 9.97 Å². The van der Waals surface area contributed by atoms with Gasteiger partial charge in [0.2, 0.25) is 0 Å². The predicted octanol–water partition coefficient (Wildman–Crippen LogP) is 2.56. The maximum Gasteiger partial charge on any atom is 0.323 e. The summed E-state index contributed by atoms with van der Waals surface area (Å²) in [7, 11) is 0. The van der Waals surface area contributed by atoms with Crippen LogP contribution >= 0.6 is 0 Å². The Kier molecular flexibility index (Phi) is 1.67. The minimum absolute atomic E-state index is 0.208. The summed E-state index contributed by atoms with van der Waals surface area (Å²) < 4.78 is 0. The van der Waals surface area contributed by atoms with E-state index in [0.29, 0.717) is 0 Å². The lowest BCUT2D eigenvalue weighted by Gasteiger charge is -1.99. The highest BCUT2D eigenvalue weighted by Gasteiger charge is 2.09. The van der Waals surface area contributed by atoms with Crippen molar-refractivity contribution in [2.75, 3.05) is 0 Å². The number of H-pyrrole nitrogens is 2. The molecule has 0 radical (unpaired) electrons. The van der Waals surface area contributed by atoms with E-state index in [2.05, 4.69) is 15.0 Å². The first-order valence-corrected chi connectivity index (χ1v) is 5.72. The lowest BCUT2D eigenvalue weighted by molar-refractivity contribution is 1.12. The predicted molar refractivity (Wildman–Crippen MR) is 71.7 cm³/mol. The molecule has 0 aliphatic heterocycles. The van der Waals surface area contributed by atoms with Crippen molar-refractivity contribution in [1.29, 1.82) is 0 Å². The Bertz CT molecular complexity index is 949. The van der Waals surface area contributed by atoms with Crippen LogP contribution < -0.4 is 5.69 Å². The van der Waals surface area contributed by atoms with E-state index in [1.807, 2.05) is 36.4 Å². The number of nitrogens with zero attached hydrogens (tertiary/aromatic N) is 1. The number of aromatic nitrogens is 3. The Morgan fingerprint density at radius 3 is 2.83 bits per heavy atom. The second-order valence-corrected chi connectivity index (χ2v) is 4.30. The van der Waals surface area contributed by atoms with Crippen molar-refractivity contribution in [3.63, 3.8) is 0 Å². The Balaban J connectivity index is 2.39. The minimum Gasteiger partial charge on any atom is -0.314 e. The summed E-state index contributed by atoms with van der Waals surface area (Å²) >= 11 is 0. The van der Waals surface area contributed by atoms with Crippen molar-refractivity contribution in [1.82, 2.24) is 15.0 Å². The number of aromatic amines is 2. The van der Waals surface area contributed by atoms with Gasteiger partial charge in [-0.1, -0.05) is 18.2 Å². The Morgan fingerprint density at radius 1 is 1.00 bits per heavy atom. The van der Waals surface area contributed by atoms with E-state index in [1.165, 1.54) is 0 Å². The van der Waals surface area contributed by atoms with Gasteiger partial charge in [-0.05, 0) is 18.2 Å². The van der Waals surface area contributed by atoms with Crippen molar-refractivity contribution >= 4 is 32.7 Å². The molecule has 0 aliphatic rings. The SMILES string of the molecule is O=c1[nH]cc2ccc3nc4ccccc4c3c2[nH]1. The van der Waals surface area contributed by atoms with Gasteiger partial charge in [-0.15, -0.1) is 0 Å². The molecule has 4 aromatic rings. The molecule has 0 atom stereocenters. The smallest absolute Gasteiger partial charge is 0.314 e. The zero-order valence-corrected chi connectivity index (χ0v) is 9.40. The molecule has 0 saturated heterocycles. The van der Waals surface area contributed by atoms with Gasteiger partial charge in [-0.3, -0.25) is 0 Å². The summed E-state index contributed by atoms with van der Waals surface area (Å²) in [5, 5.41) is 3.05. The molecule has 0 spiro atoms. The lowest BCUT2D eigenvalue weighted by atomic mass is 10.1. The molecular formula is C14H9N3O. The fourth-order valence-electron chi connectivity index (χ4n) is 2.43. The van der Waals surface area contributed by atoms with Gasteiger partial charge in [0.25, 0.3) is 0 Å². The maximum atomic E-state index is 11.5. The van der Waals surface area contributed by atoms with Crippen LogP contribution in [0.1, 0.15) is 0 Å². The van der Waals surface area contributed by atoms with Gasteiger partial charge in [0.05, 0.1) is 16.6 Å². The summed E-state index contributed by atoms with van der Waals surface area (Å²) in [6.45, 7) is 0. The first-order valence-electron chi connectivity index (χ1n) is 5.72. The number of hydrogen-bond acceptors (Lipinski definition) is 2. The Hall–Kier alpha value is -2.62. The summed E-state index contributed by atoms with van der Waals surface area (Å²) in [6, 6.07) is 11.9. The Morgan fingerprint density at radius 2 is 1.89 bits per heavy atom. The summed E-state index contributed by atoms with van der Waals surface area (Å²) in [4.78, 5) is 21.5. The highest BCUT2D eigenvalue weighted by molar-refractivity contribution is 6.18. The number of hydrogen-bond donors (Lipinski definition) is 2. The second kappa shape index (κ2) is 3.20. The second-order valence-electron chi connectivity index (χ2n) is 4.30. The van der Waals surface area contributed by atoms with Gasteiger partial charge in [0.15, 0.2) is 0 Å². The van der Waals surface area contributed by atoms with Crippen molar-refractivity contribution < 1.29 is 0 Å². The maximum absolute atomic E-state index is 11.5. The molecule has 2 aromatic carbocycles. The fraction of sp³-hybridized carbons (Fsp3) is 0. The van der Waals surface area contributed by atoms with Gasteiger partial charge in [0, 0.05) is 22.4 Å². The molecule has 18 heavy (non-hydrogen) atoms. The largest absolute Gasteiger partial charge is 0.323 e. The third-order valence-corrected chi connectivity index (χ3v) is 3.23. The fourth-order valence-corrected chi connectivity index (χ4v) is 2.43. The van der Waals surface area contributed by atoms with Crippen LogP contribution in [0.2, 0.25) is 0 Å². The van der Waals surface area contributed by atoms with Crippen LogP contribution in [0.3, 0.4) is 0 Å². The highest BCUT2D eigenvalue weighted by Crippen LogP contribution is 2.29. The molecule has 2 N–H and O–H groups in total. The van der Waals surface area contributed by atoms with Crippen LogP contribution in [-0.4, -0.2) is 15.0 Å². The zero-order valence-electron chi connectivity index (χ0n) is 9.40. The highest BCUT2D eigenvalue weighted by atomic mass is 16.1. The van der Waals surface area contributed by atoms with Gasteiger partial charge in [-0.2, -0.15) is 0 Å². The first-order chi connectivity index (χ1) is 8.83. The van der Waals surface area contributed by atoms with Crippen molar-refractivity contribution in [2.45, 2.75) is 0 Å². The monoisotopic (exact) mass is 235 g/mol. The summed E-state index contributed by atoms with van der Waals surface area (Å²) in [5.41, 5.74) is 2.49. The number of nitrogens with one attached hydrogen (secondary N) is 2. The zero-order chi connectivity index (χ0) is 12.1. The van der Waals surface area contributed by atoms with Gasteiger partial charge >= 0.3 is 5.69 Å². The quantitative estimate of drug-likeness (QED) is 0.492. The molecule has 2 aromatic heterocycles. The molecule has 0 bridgehead atoms. The molecule has 4 rings (SSSR count). The summed E-state index contributed by atoms with van der Waals surface area (Å²) in [5.74, 6) is 0. The minimum atomic E-state index is -0.208. The van der Waals surface area contributed by atoms with E-state index in [0.717, 1.165) is 32.7 Å². The number of benzene rings is 2. The van der Waals surface area contributed by atoms with E-state index >= 15 is 0 Å². The topological polar surface area (TPSA) is 61.5 Å². The summed E-state index contributed by atoms with van der Waals surface area (Å²) in [6.07, 6.45) is 1.72. The van der Waals surface area contributed by atoms with Crippen LogP contribution in [0, 0.1) is 0 Å². The molecule has 0 unspecified atom stereocenters. The molecule has 0 saturated carbocycles. The van der Waals surface area contributed by atoms with Crippen LogP contribution in [0.5, 0.6) is 0 Å². The molecule has 0 fully saturated rings. The number of fused-ring (bicyclic) bond motifs is 5. The molecule has 2 heterocycles. The van der Waals surface area contributed by atoms with E-state index in [9.17, 15) is 4.79 Å². The molecule has 86 valence electrons. The average molecular weight is 235 g/mol. The first kappa shape index (κ1) is 9.41. The third-order valence-electron chi connectivity index (χ3n) is 3.23. The molecular weight excluding hydrogens is 226 g/mol. The van der Waals surface area contributed by atoms with Crippen LogP contribution in [0.4, 0.5) is 0 Å². The van der Waals surface area contributed by atoms with Gasteiger partial charge in [-0.25, -0.2) is 9.78 Å². The van der Waals surface area contributed by atoms with Crippen molar-refractivity contribution in [3.8, 4) is 0 Å². The van der Waals surface area contributed by atoms with E-state index in [1.54, 1.807) is 6.20 Å². The van der Waals surface area contributed by atoms with E-state index in [-0.39, 0.29) is 5.69 Å². The third kappa shape index (κ3) is 1.14. The molecule has 4 nitrogen and oxygen atoms in total. The lowest BCUT2D eigenvalue weighted by Crippen LogP contribution is -2.08. The number of rotatable bonds is 0. The molecule has 0 amide bonds. The van der Waals surface area contributed by atoms with Crippen LogP contribution in [-0.2, 0) is 0 Å². The van der Waals surface area contributed by atoms with E-state index in [4.69, 9.17) is 0 Å². The van der Waals surface area contributed by atoms with Crippen molar-refractivity contribution in [2.24, 2.45) is 0 Å². The van der Waals surface area contributed by atoms with Crippen LogP contribution in [0.15, 0.2) is 47.4 Å². The van der Waals surface area contributed by atoms with Gasteiger partial charge in [0.1, 0.15) is 0 Å². The van der Waals surface area contributed by atoms with Crippen molar-refractivity contribution in [3.05, 3.63) is 53.1 Å². The average Bonchev–Trinajstić information content (AvgIpc) is 2.77. The normalized spacial score (nSPS) is 11.6. The standard InChI is InChI=1S/C14H9N3O/c18-14-15-7-8-5-6-11-12(13(8)17-14)9-3-1-2-4-10(9)16-11/h1-7H,(H2,15,17,18).